The first kappa shape index (κ1) is 6.74. The van der Waals surface area contributed by atoms with Crippen LogP contribution in [0.2, 0.25) is 0 Å². The molecule has 0 unspecified atom stereocenters. The van der Waals surface area contributed by atoms with Gasteiger partial charge in [-0.05, 0) is 12.3 Å². The van der Waals surface area contributed by atoms with Gasteiger partial charge in [0.2, 0.25) is 0 Å². The largest absolute Gasteiger partial charge is 0.0993 e. The minimum Gasteiger partial charge on any atom is -0.0993 e. The Bertz CT molecular complexity index is 60.4. The quantitative estimate of drug-likeness (QED) is 0.496. The second-order valence-electron chi connectivity index (χ2n) is 1.96. The van der Waals surface area contributed by atoms with Crippen molar-refractivity contribution in [3.05, 3.63) is 18.1 Å². The van der Waals surface area contributed by atoms with E-state index in [9.17, 15) is 0 Å². The summed E-state index contributed by atoms with van der Waals surface area (Å²) in [5, 5.41) is 0. The van der Waals surface area contributed by atoms with E-state index in [2.05, 4.69) is 27.4 Å². The normalized spacial score (nSPS) is 9.71. The Morgan fingerprint density at radius 2 is 1.86 bits per heavy atom. The van der Waals surface area contributed by atoms with Gasteiger partial charge in [0, 0.05) is 0 Å². The maximum atomic E-state index is 3.84. The summed E-state index contributed by atoms with van der Waals surface area (Å²) in [6.07, 6.45) is 1.09. The molecule has 0 heterocycles. The number of hydrogen-bond acceptors (Lipinski definition) is 0. The van der Waals surface area contributed by atoms with Gasteiger partial charge in [-0.3, -0.25) is 0 Å². The maximum Gasteiger partial charge on any atom is -0.00593 e. The first-order chi connectivity index (χ1) is 3.18. The van der Waals surface area contributed by atoms with Gasteiger partial charge >= 0.3 is 0 Å². The molecule has 0 rings (SSSR count). The van der Waals surface area contributed by atoms with Crippen molar-refractivity contribution in [1.29, 1.82) is 0 Å². The Labute approximate surface area is 46.2 Å². The highest BCUT2D eigenvalue weighted by Crippen LogP contribution is 2.11. The Balaban J connectivity index is 3.35. The minimum absolute atomic E-state index is 1.09. The van der Waals surface area contributed by atoms with Gasteiger partial charge in [0.25, 0.3) is 0 Å². The standard InChI is InChI=1S/C7H13/c1-5-7(4)6(2)3/h4-5H2,1-3H3. The molecule has 0 nitrogen and oxygen atoms in total. The fourth-order valence-corrected chi connectivity index (χ4v) is 0.354. The fourth-order valence-electron chi connectivity index (χ4n) is 0.354. The van der Waals surface area contributed by atoms with Gasteiger partial charge in [-0.25, -0.2) is 0 Å². The van der Waals surface area contributed by atoms with Crippen LogP contribution in [-0.4, -0.2) is 0 Å². The van der Waals surface area contributed by atoms with Crippen molar-refractivity contribution >= 4 is 0 Å². The second kappa shape index (κ2) is 2.84. The molecule has 7 heavy (non-hydrogen) atoms. The summed E-state index contributed by atoms with van der Waals surface area (Å²) in [5.74, 6) is 1.35. The summed E-state index contributed by atoms with van der Waals surface area (Å²) in [4.78, 5) is 0. The molecule has 0 amide bonds. The smallest absolute Gasteiger partial charge is 0.00593 e. The fraction of sp³-hybridized carbons (Fsp3) is 0.571. The SMILES string of the molecule is C=C(CC)[C](C)C. The molecule has 1 radical (unpaired) electrons. The molecule has 0 aromatic carbocycles. The third-order valence-electron chi connectivity index (χ3n) is 1.13. The van der Waals surface area contributed by atoms with Crippen LogP contribution < -0.4 is 0 Å². The van der Waals surface area contributed by atoms with Gasteiger partial charge < -0.3 is 0 Å². The molecule has 0 bridgehead atoms. The molecule has 41 valence electrons. The predicted octanol–water partition coefficient (Wildman–Crippen LogP) is 2.57. The molecule has 0 aliphatic heterocycles. The van der Waals surface area contributed by atoms with Crippen LogP contribution in [0.25, 0.3) is 0 Å². The lowest BCUT2D eigenvalue weighted by Crippen LogP contribution is -1.85. The zero-order chi connectivity index (χ0) is 5.86. The van der Waals surface area contributed by atoms with Crippen molar-refractivity contribution in [1.82, 2.24) is 0 Å². The molecular weight excluding hydrogens is 84.1 g/mol. The van der Waals surface area contributed by atoms with Crippen molar-refractivity contribution in [2.24, 2.45) is 0 Å². The van der Waals surface area contributed by atoms with E-state index in [1.165, 1.54) is 11.5 Å². The summed E-state index contributed by atoms with van der Waals surface area (Å²) in [6, 6.07) is 0. The first-order valence-electron chi connectivity index (χ1n) is 2.66. The zero-order valence-electron chi connectivity index (χ0n) is 5.41. The van der Waals surface area contributed by atoms with Crippen LogP contribution in [0.4, 0.5) is 0 Å². The zero-order valence-corrected chi connectivity index (χ0v) is 5.41. The van der Waals surface area contributed by atoms with Gasteiger partial charge in [0.15, 0.2) is 0 Å². The topological polar surface area (TPSA) is 0 Å². The van der Waals surface area contributed by atoms with E-state index in [0.717, 1.165) is 6.42 Å². The Morgan fingerprint density at radius 1 is 1.43 bits per heavy atom. The highest BCUT2D eigenvalue weighted by Gasteiger charge is 1.93. The molecule has 0 aliphatic rings. The van der Waals surface area contributed by atoms with Crippen molar-refractivity contribution < 1.29 is 0 Å². The van der Waals surface area contributed by atoms with Crippen LogP contribution in [-0.2, 0) is 0 Å². The van der Waals surface area contributed by atoms with Crippen LogP contribution in [0.15, 0.2) is 12.2 Å². The molecule has 0 aromatic rings. The van der Waals surface area contributed by atoms with Crippen molar-refractivity contribution in [2.75, 3.05) is 0 Å². The van der Waals surface area contributed by atoms with Crippen LogP contribution in [0.1, 0.15) is 27.2 Å². The van der Waals surface area contributed by atoms with E-state index >= 15 is 0 Å². The summed E-state index contributed by atoms with van der Waals surface area (Å²) in [6.45, 7) is 10.1. The maximum absolute atomic E-state index is 3.84. The lowest BCUT2D eigenvalue weighted by molar-refractivity contribution is 1.01. The molecule has 0 N–H and O–H groups in total. The Kier molecular flexibility index (Phi) is 2.73. The summed E-state index contributed by atoms with van der Waals surface area (Å²) < 4.78 is 0. The van der Waals surface area contributed by atoms with Crippen LogP contribution in [0.5, 0.6) is 0 Å². The number of allylic oxidation sites excluding steroid dienone is 1. The van der Waals surface area contributed by atoms with E-state index in [1.807, 2.05) is 0 Å². The van der Waals surface area contributed by atoms with Gasteiger partial charge in [0.05, 0.1) is 0 Å². The number of hydrogen-bond donors (Lipinski definition) is 0. The van der Waals surface area contributed by atoms with Gasteiger partial charge in [0.1, 0.15) is 0 Å². The van der Waals surface area contributed by atoms with Crippen LogP contribution >= 0.6 is 0 Å². The highest BCUT2D eigenvalue weighted by molar-refractivity contribution is 5.14. The van der Waals surface area contributed by atoms with E-state index in [-0.39, 0.29) is 0 Å². The van der Waals surface area contributed by atoms with E-state index < -0.39 is 0 Å². The monoisotopic (exact) mass is 97.1 g/mol. The third-order valence-corrected chi connectivity index (χ3v) is 1.13. The lowest BCUT2D eigenvalue weighted by Gasteiger charge is -2.02. The van der Waals surface area contributed by atoms with Crippen molar-refractivity contribution in [3.8, 4) is 0 Å². The van der Waals surface area contributed by atoms with Gasteiger partial charge in [-0.2, -0.15) is 0 Å². The van der Waals surface area contributed by atoms with Crippen molar-refractivity contribution in [2.45, 2.75) is 27.2 Å². The molecule has 0 saturated heterocycles. The number of rotatable bonds is 2. The van der Waals surface area contributed by atoms with E-state index in [4.69, 9.17) is 0 Å². The molecule has 0 aliphatic carbocycles. The molecule has 0 atom stereocenters. The molecule has 0 saturated carbocycles. The molecule has 0 spiro atoms. The second-order valence-corrected chi connectivity index (χ2v) is 1.96. The van der Waals surface area contributed by atoms with E-state index in [1.54, 1.807) is 0 Å². The van der Waals surface area contributed by atoms with Crippen LogP contribution in [0.3, 0.4) is 0 Å². The Morgan fingerprint density at radius 3 is 1.86 bits per heavy atom. The minimum atomic E-state index is 1.09. The summed E-state index contributed by atoms with van der Waals surface area (Å²) in [5.41, 5.74) is 1.26. The predicted molar refractivity (Wildman–Crippen MR) is 34.0 cm³/mol. The third kappa shape index (κ3) is 2.44. The molecule has 0 aromatic heterocycles. The first-order valence-corrected chi connectivity index (χ1v) is 2.66. The average Bonchev–Trinajstić information content (AvgIpc) is 1.65. The lowest BCUT2D eigenvalue weighted by atomic mass is 10.0. The summed E-state index contributed by atoms with van der Waals surface area (Å²) in [7, 11) is 0. The highest BCUT2D eigenvalue weighted by atomic mass is 14.0. The van der Waals surface area contributed by atoms with Crippen LogP contribution in [0, 0.1) is 5.92 Å². The van der Waals surface area contributed by atoms with Gasteiger partial charge in [-0.15, -0.1) is 0 Å². The van der Waals surface area contributed by atoms with Gasteiger partial charge in [-0.1, -0.05) is 32.9 Å². The molecule has 0 heteroatoms. The molecule has 0 fully saturated rings. The molecular formula is C7H13. The summed E-state index contributed by atoms with van der Waals surface area (Å²) >= 11 is 0. The van der Waals surface area contributed by atoms with E-state index in [0.29, 0.717) is 0 Å². The van der Waals surface area contributed by atoms with Crippen molar-refractivity contribution in [3.63, 3.8) is 0 Å². The average molecular weight is 97.2 g/mol. The Hall–Kier alpha value is -0.260.